The van der Waals surface area contributed by atoms with Crippen LogP contribution >= 0.6 is 22.7 Å². The number of thiazole rings is 2. The second-order valence-corrected chi connectivity index (χ2v) is 31.3. The van der Waals surface area contributed by atoms with Crippen molar-refractivity contribution in [2.45, 2.75) is 255 Å². The lowest BCUT2D eigenvalue weighted by molar-refractivity contribution is -0.151. The summed E-state index contributed by atoms with van der Waals surface area (Å²) in [4.78, 5) is 138. The number of nitrogens with zero attached hydrogens (tertiary/aromatic N) is 6. The van der Waals surface area contributed by atoms with Crippen LogP contribution in [0, 0.1) is 41.4 Å². The minimum atomic E-state index is -0.929. The molecule has 4 heterocycles. The molecule has 0 aliphatic carbocycles. The van der Waals surface area contributed by atoms with E-state index >= 15 is 0 Å². The highest BCUT2D eigenvalue weighted by atomic mass is 32.1. The molecule has 2 aliphatic rings. The van der Waals surface area contributed by atoms with Crippen molar-refractivity contribution in [3.8, 4) is 0 Å². The molecule has 20 nitrogen and oxygen atoms in total. The van der Waals surface area contributed by atoms with Gasteiger partial charge in [-0.3, -0.25) is 48.2 Å². The quantitative estimate of drug-likeness (QED) is 0.0311. The number of ether oxygens (including phenoxy) is 3. The van der Waals surface area contributed by atoms with Crippen LogP contribution in [0.4, 0.5) is 0 Å². The number of hydrogen-bond donors (Lipinski definition) is 2. The summed E-state index contributed by atoms with van der Waals surface area (Å²) in [5.41, 5.74) is 2.39. The maximum absolute atomic E-state index is 14.6. The number of nitrogens with one attached hydrogen (secondary N) is 2. The van der Waals surface area contributed by atoms with E-state index < -0.39 is 53.9 Å². The first kappa shape index (κ1) is 85.9. The van der Waals surface area contributed by atoms with Gasteiger partial charge in [0, 0.05) is 99.8 Å². The molecular formula is C80H122N8O12S2. The molecule has 2 N–H and O–H groups in total. The number of aromatic nitrogens is 2. The number of hydrogen-bond acceptors (Lipinski definition) is 18. The normalized spacial score (nSPS) is 18.0. The number of benzene rings is 2. The van der Waals surface area contributed by atoms with Crippen molar-refractivity contribution in [2.75, 3.05) is 47.4 Å². The van der Waals surface area contributed by atoms with E-state index in [1.165, 1.54) is 43.6 Å². The third-order valence-corrected chi connectivity index (χ3v) is 22.2. The second kappa shape index (κ2) is 43.5. The third kappa shape index (κ3) is 26.4. The van der Waals surface area contributed by atoms with Crippen LogP contribution in [0.3, 0.4) is 0 Å². The van der Waals surface area contributed by atoms with Crippen molar-refractivity contribution < 1.29 is 57.4 Å². The van der Waals surface area contributed by atoms with E-state index in [9.17, 15) is 43.2 Å². The van der Waals surface area contributed by atoms with E-state index in [4.69, 9.17) is 19.2 Å². The molecule has 102 heavy (non-hydrogen) atoms. The van der Waals surface area contributed by atoms with Crippen molar-refractivity contribution in [1.82, 2.24) is 40.2 Å². The number of carbonyl (C=O) groups excluding carboxylic acids is 9. The molecule has 0 spiro atoms. The van der Waals surface area contributed by atoms with Crippen LogP contribution in [0.15, 0.2) is 71.4 Å². The van der Waals surface area contributed by atoms with Gasteiger partial charge >= 0.3 is 17.9 Å². The van der Waals surface area contributed by atoms with Gasteiger partial charge in [0.25, 0.3) is 11.8 Å². The van der Waals surface area contributed by atoms with E-state index in [0.717, 1.165) is 94.8 Å². The fourth-order valence-electron chi connectivity index (χ4n) is 14.3. The molecule has 0 radical (unpaired) electrons. The molecule has 6 rings (SSSR count). The number of methoxy groups -OCH3 is 1. The van der Waals surface area contributed by atoms with Gasteiger partial charge < -0.3 is 34.6 Å². The Hall–Kier alpha value is -6.75. The Kier molecular flexibility index (Phi) is 36.6. The minimum absolute atomic E-state index is 0.00233. The van der Waals surface area contributed by atoms with E-state index in [1.54, 1.807) is 10.8 Å². The van der Waals surface area contributed by atoms with Gasteiger partial charge in [-0.25, -0.2) is 14.8 Å². The van der Waals surface area contributed by atoms with E-state index in [2.05, 4.69) is 86.0 Å². The molecule has 566 valence electrons. The van der Waals surface area contributed by atoms with Gasteiger partial charge in [0.2, 0.25) is 11.8 Å². The van der Waals surface area contributed by atoms with Crippen LogP contribution in [-0.2, 0) is 60.6 Å². The molecule has 2 aromatic carbocycles. The Morgan fingerprint density at radius 3 is 1.31 bits per heavy atom. The first-order valence-corrected chi connectivity index (χ1v) is 39.4. The topological polar surface area (TPSA) is 244 Å². The molecule has 0 saturated carbocycles. The lowest BCUT2D eigenvalue weighted by atomic mass is 9.82. The smallest absolute Gasteiger partial charge is 0.328 e. The predicted octanol–water partition coefficient (Wildman–Crippen LogP) is 13.9. The fraction of sp³-hybridized carbons (Fsp3) is 0.662. The summed E-state index contributed by atoms with van der Waals surface area (Å²) in [6.45, 7) is 30.3. The molecule has 0 unspecified atom stereocenters. The molecular weight excluding hydrogens is 1330 g/mol. The Labute approximate surface area is 617 Å². The first-order valence-electron chi connectivity index (χ1n) is 37.6. The zero-order chi connectivity index (χ0) is 75.3. The van der Waals surface area contributed by atoms with Crippen LogP contribution in [0.25, 0.3) is 0 Å². The second-order valence-electron chi connectivity index (χ2n) is 29.5. The summed E-state index contributed by atoms with van der Waals surface area (Å²) in [6, 6.07) is 17.5. The minimum Gasteiger partial charge on any atom is -0.467 e. The van der Waals surface area contributed by atoms with Crippen molar-refractivity contribution in [1.29, 1.82) is 0 Å². The van der Waals surface area contributed by atoms with Crippen LogP contribution in [0.5, 0.6) is 0 Å². The van der Waals surface area contributed by atoms with Gasteiger partial charge in [0.15, 0.2) is 23.8 Å². The van der Waals surface area contributed by atoms with Gasteiger partial charge in [-0.2, -0.15) is 0 Å². The lowest BCUT2D eigenvalue weighted by Crippen LogP contribution is -2.50. The van der Waals surface area contributed by atoms with E-state index in [-0.39, 0.29) is 115 Å². The molecule has 2 saturated heterocycles. The van der Waals surface area contributed by atoms with E-state index in [1.807, 2.05) is 107 Å². The molecule has 0 bridgehead atoms. The number of likely N-dealkylation sites (N-methyl/N-ethyl adjacent to an activating group) is 2. The Morgan fingerprint density at radius 1 is 0.559 bits per heavy atom. The van der Waals surface area contributed by atoms with Gasteiger partial charge in [-0.05, 0) is 119 Å². The number of piperidine rings is 2. The summed E-state index contributed by atoms with van der Waals surface area (Å²) in [5.74, 6) is -2.57. The average Bonchev–Trinajstić information content (AvgIpc) is 1.18. The maximum atomic E-state index is 14.6. The third-order valence-electron chi connectivity index (χ3n) is 20.3. The zero-order valence-electron chi connectivity index (χ0n) is 64.3. The summed E-state index contributed by atoms with van der Waals surface area (Å²) in [6.07, 6.45) is 10.2. The van der Waals surface area contributed by atoms with Crippen LogP contribution in [-0.4, -0.2) is 166 Å². The average molecular weight is 1450 g/mol. The van der Waals surface area contributed by atoms with Gasteiger partial charge in [-0.1, -0.05) is 169 Å². The number of esters is 3. The van der Waals surface area contributed by atoms with Crippen molar-refractivity contribution in [3.63, 3.8) is 0 Å². The molecule has 4 aromatic rings. The number of amides is 4. The lowest BCUT2D eigenvalue weighted by Gasteiger charge is -2.39. The first-order chi connectivity index (χ1) is 48.5. The summed E-state index contributed by atoms with van der Waals surface area (Å²) in [5, 5.41) is 10.2. The molecule has 2 fully saturated rings. The summed E-state index contributed by atoms with van der Waals surface area (Å²) in [7, 11) is 5.27. The Balaban J connectivity index is 0.000000367. The van der Waals surface area contributed by atoms with Crippen LogP contribution in [0.1, 0.15) is 248 Å². The molecule has 4 amide bonds. The fourth-order valence-corrected chi connectivity index (χ4v) is 15.9. The molecule has 22 heteroatoms. The SMILES string of the molecule is CCCN(C(=O)[C@@H](CC(=O)[C@H]1CCCCN1C)[C@@H](C)CC)[C@H](C[C@@H](OC(C)=O)c1nc(C(=O)N[C@@H](Cc2ccccc2)C(=O)OC)cs1)C(C)C.CCCN(C(=O)[C@@H](CC(=O)[C@H]1CCCCN1C)[C@@H](C)CC)[C@H](C[C@@H](OC(C)=O)c1nc(C(=O)N[C@@H](Cc2ccccc2)CC(C)C)cs1)C(C)C. The largest absolute Gasteiger partial charge is 0.467 e. The monoisotopic (exact) mass is 1450 g/mol. The predicted molar refractivity (Wildman–Crippen MR) is 404 cm³/mol. The standard InChI is InChI=1S/C41H64N4O5S.C39H58N4O7S/c1-10-20-45(41(49)33(29(7)11-2)24-37(47)35-19-15-16-21-44(35)9)36(28(5)6)25-38(50-30(8)46)40-43-34(26-51-40)39(48)42-32(22-27(3)4)23-31-17-13-12-14-18-31;1-9-19-43(38(47)29(26(5)10-2)22-34(45)32-18-14-15-20-42(32)7)33(25(3)4)23-35(50-27(6)44)37-41-31(24-51-37)36(46)40-30(39(48)49-8)21-28-16-12-11-13-17-28/h12-14,17-18,26-29,32-33,35-36,38H,10-11,15-16,19-25H2,1-9H3,(H,42,48);11-13,16-17,24-26,29-30,32-33,35H,9-10,14-15,18-23H2,1-8H3,(H,40,46)/t29-,32+,33-,35+,36+,38+;26-,29-,30-,32+,33+,35+/m00/s1. The van der Waals surface area contributed by atoms with Gasteiger partial charge in [0.1, 0.15) is 27.4 Å². The number of likely N-dealkylation sites (tertiary alicyclic amines) is 2. The number of carbonyl (C=O) groups is 9. The number of Topliss-reactive ketones (excluding diaryl/α,β-unsaturated/α-hetero) is 2. The number of ketones is 2. The highest BCUT2D eigenvalue weighted by Gasteiger charge is 2.42. The molecule has 2 aromatic heterocycles. The number of rotatable bonds is 39. The van der Waals surface area contributed by atoms with Crippen molar-refractivity contribution in [3.05, 3.63) is 104 Å². The van der Waals surface area contributed by atoms with E-state index in [0.29, 0.717) is 47.6 Å². The highest BCUT2D eigenvalue weighted by Crippen LogP contribution is 2.37. The molecule has 2 aliphatic heterocycles. The Morgan fingerprint density at radius 2 is 0.961 bits per heavy atom. The summed E-state index contributed by atoms with van der Waals surface area (Å²) < 4.78 is 16.7. The molecule has 12 atom stereocenters. The summed E-state index contributed by atoms with van der Waals surface area (Å²) >= 11 is 2.48. The zero-order valence-corrected chi connectivity index (χ0v) is 66.0. The Bertz CT molecular complexity index is 3270. The van der Waals surface area contributed by atoms with Crippen molar-refractivity contribution in [2.24, 2.45) is 41.4 Å². The van der Waals surface area contributed by atoms with Gasteiger partial charge in [0.05, 0.1) is 19.2 Å². The highest BCUT2D eigenvalue weighted by molar-refractivity contribution is 7.10. The van der Waals surface area contributed by atoms with Crippen LogP contribution < -0.4 is 10.6 Å². The van der Waals surface area contributed by atoms with Crippen molar-refractivity contribution >= 4 is 75.8 Å². The van der Waals surface area contributed by atoms with Crippen LogP contribution in [0.2, 0.25) is 0 Å². The van der Waals surface area contributed by atoms with Gasteiger partial charge in [-0.15, -0.1) is 22.7 Å². The maximum Gasteiger partial charge on any atom is 0.328 e.